The van der Waals surface area contributed by atoms with Crippen LogP contribution in [0.1, 0.15) is 31.0 Å². The Labute approximate surface area is 175 Å². The molecule has 2 heterocycles. The lowest BCUT2D eigenvalue weighted by Gasteiger charge is -2.26. The predicted molar refractivity (Wildman–Crippen MR) is 112 cm³/mol. The highest BCUT2D eigenvalue weighted by atomic mass is 35.5. The quantitative estimate of drug-likeness (QED) is 0.413. The van der Waals surface area contributed by atoms with Gasteiger partial charge < -0.3 is 14.9 Å². The van der Waals surface area contributed by atoms with E-state index in [1.54, 1.807) is 53.7 Å². The molecule has 2 N–H and O–H groups in total. The Bertz CT molecular complexity index is 909. The van der Waals surface area contributed by atoms with Crippen LogP contribution in [0.4, 0.5) is 0 Å². The molecule has 1 amide bonds. The molecule has 1 fully saturated rings. The number of Topliss-reactive ketones (excluding diaryl/α,β-unsaturated/α-hetero) is 1. The van der Waals surface area contributed by atoms with Crippen LogP contribution < -0.4 is 4.90 Å². The summed E-state index contributed by atoms with van der Waals surface area (Å²) in [4.78, 5) is 32.7. The van der Waals surface area contributed by atoms with Crippen molar-refractivity contribution < 1.29 is 19.6 Å². The fourth-order valence-corrected chi connectivity index (χ4v) is 3.77. The van der Waals surface area contributed by atoms with E-state index in [0.29, 0.717) is 17.1 Å². The summed E-state index contributed by atoms with van der Waals surface area (Å²) in [6, 6.07) is 9.43. The second kappa shape index (κ2) is 9.20. The van der Waals surface area contributed by atoms with E-state index in [0.717, 1.165) is 25.2 Å². The molecule has 1 saturated heterocycles. The normalized spacial score (nSPS) is 18.6. The highest BCUT2D eigenvalue weighted by Crippen LogP contribution is 2.38. The molecule has 1 aromatic carbocycles. The molecule has 152 valence electrons. The minimum absolute atomic E-state index is 0.0954. The third-order valence-electron chi connectivity index (χ3n) is 5.39. The maximum absolute atomic E-state index is 12.9. The number of quaternary nitrogens is 1. The summed E-state index contributed by atoms with van der Waals surface area (Å²) in [5.74, 6) is -1.46. The highest BCUT2D eigenvalue weighted by Gasteiger charge is 2.46. The molecule has 1 aromatic heterocycles. The fourth-order valence-electron chi connectivity index (χ4n) is 3.65. The van der Waals surface area contributed by atoms with Crippen LogP contribution in [-0.2, 0) is 9.59 Å². The number of likely N-dealkylation sites (N-methyl/N-ethyl adjacent to an activating group) is 1. The van der Waals surface area contributed by atoms with Crippen molar-refractivity contribution in [2.45, 2.75) is 19.9 Å². The molecule has 1 aliphatic heterocycles. The van der Waals surface area contributed by atoms with E-state index in [4.69, 9.17) is 11.6 Å². The van der Waals surface area contributed by atoms with Gasteiger partial charge in [0, 0.05) is 23.0 Å². The molecule has 0 aliphatic carbocycles. The molecule has 29 heavy (non-hydrogen) atoms. The van der Waals surface area contributed by atoms with Crippen LogP contribution in [0, 0.1) is 0 Å². The van der Waals surface area contributed by atoms with Gasteiger partial charge in [-0.1, -0.05) is 11.6 Å². The summed E-state index contributed by atoms with van der Waals surface area (Å²) in [6.07, 6.45) is 3.24. The summed E-state index contributed by atoms with van der Waals surface area (Å²) >= 11 is 5.94. The molecular weight excluding hydrogens is 390 g/mol. The maximum Gasteiger partial charge on any atom is 0.295 e. The molecule has 7 heteroatoms. The molecule has 1 atom stereocenters. The number of pyridine rings is 1. The standard InChI is InChI=1S/C22H24ClN3O3/c1-3-25(4-2)13-14-26-19(15-9-11-24-12-10-15)18(21(28)22(26)29)20(27)16-5-7-17(23)8-6-16/h5-12,19,27H,3-4,13-14H2,1-2H3/p+1/b20-18-/t19-/m0/s1. The molecule has 0 bridgehead atoms. The Kier molecular flexibility index (Phi) is 6.67. The van der Waals surface area contributed by atoms with E-state index >= 15 is 0 Å². The molecular formula is C22H25ClN3O3+. The van der Waals surface area contributed by atoms with Crippen molar-refractivity contribution in [1.82, 2.24) is 9.88 Å². The number of rotatable bonds is 7. The summed E-state index contributed by atoms with van der Waals surface area (Å²) in [5.41, 5.74) is 1.28. The Balaban J connectivity index is 2.06. The molecule has 0 radical (unpaired) electrons. The Morgan fingerprint density at radius 2 is 1.72 bits per heavy atom. The van der Waals surface area contributed by atoms with Crippen LogP contribution in [0.2, 0.25) is 5.02 Å². The van der Waals surface area contributed by atoms with E-state index < -0.39 is 17.7 Å². The number of carbonyl (C=O) groups is 2. The number of likely N-dealkylation sites (tertiary alicyclic amines) is 1. The van der Waals surface area contributed by atoms with Crippen molar-refractivity contribution in [2.75, 3.05) is 26.2 Å². The van der Waals surface area contributed by atoms with Gasteiger partial charge in [0.25, 0.3) is 11.7 Å². The second-order valence-corrected chi connectivity index (χ2v) is 7.42. The fraction of sp³-hybridized carbons (Fsp3) is 0.318. The maximum atomic E-state index is 12.9. The minimum Gasteiger partial charge on any atom is -0.507 e. The number of aliphatic hydroxyl groups excluding tert-OH is 1. The van der Waals surface area contributed by atoms with Gasteiger partial charge in [-0.05, 0) is 55.8 Å². The van der Waals surface area contributed by atoms with Crippen LogP contribution in [-0.4, -0.2) is 52.9 Å². The van der Waals surface area contributed by atoms with Crippen LogP contribution in [0.15, 0.2) is 54.4 Å². The molecule has 0 spiro atoms. The third kappa shape index (κ3) is 4.33. The van der Waals surface area contributed by atoms with E-state index in [-0.39, 0.29) is 11.3 Å². The van der Waals surface area contributed by atoms with E-state index in [2.05, 4.69) is 18.8 Å². The number of ketones is 1. The van der Waals surface area contributed by atoms with Gasteiger partial charge in [0.1, 0.15) is 5.76 Å². The van der Waals surface area contributed by atoms with Crippen molar-refractivity contribution >= 4 is 29.1 Å². The number of hydrogen-bond acceptors (Lipinski definition) is 4. The zero-order valence-corrected chi connectivity index (χ0v) is 17.3. The van der Waals surface area contributed by atoms with Gasteiger partial charge in [0.05, 0.1) is 37.8 Å². The number of nitrogens with zero attached hydrogens (tertiary/aromatic N) is 2. The Morgan fingerprint density at radius 1 is 1.10 bits per heavy atom. The number of halogens is 1. The molecule has 0 saturated carbocycles. The lowest BCUT2D eigenvalue weighted by molar-refractivity contribution is -0.895. The van der Waals surface area contributed by atoms with Gasteiger partial charge in [-0.2, -0.15) is 0 Å². The molecule has 0 unspecified atom stereocenters. The van der Waals surface area contributed by atoms with E-state index in [9.17, 15) is 14.7 Å². The van der Waals surface area contributed by atoms with E-state index in [1.165, 1.54) is 4.90 Å². The predicted octanol–water partition coefficient (Wildman–Crippen LogP) is 2.08. The summed E-state index contributed by atoms with van der Waals surface area (Å²) < 4.78 is 0. The number of amides is 1. The number of hydrogen-bond donors (Lipinski definition) is 2. The van der Waals surface area contributed by atoms with Crippen LogP contribution in [0.5, 0.6) is 0 Å². The second-order valence-electron chi connectivity index (χ2n) is 6.99. The topological polar surface area (TPSA) is 74.9 Å². The Hall–Kier alpha value is -2.70. The summed E-state index contributed by atoms with van der Waals surface area (Å²) in [6.45, 7) is 7.20. The van der Waals surface area contributed by atoms with Gasteiger partial charge in [-0.25, -0.2) is 0 Å². The van der Waals surface area contributed by atoms with Crippen LogP contribution >= 0.6 is 11.6 Å². The van der Waals surface area contributed by atoms with Gasteiger partial charge in [0.2, 0.25) is 0 Å². The first-order valence-corrected chi connectivity index (χ1v) is 10.1. The molecule has 3 rings (SSSR count). The first-order chi connectivity index (χ1) is 14.0. The van der Waals surface area contributed by atoms with Crippen LogP contribution in [0.3, 0.4) is 0 Å². The van der Waals surface area contributed by atoms with Crippen molar-refractivity contribution in [3.05, 3.63) is 70.5 Å². The molecule has 1 aliphatic rings. The number of carbonyl (C=O) groups excluding carboxylic acids is 2. The van der Waals surface area contributed by atoms with Gasteiger partial charge in [0.15, 0.2) is 0 Å². The first-order valence-electron chi connectivity index (χ1n) is 9.75. The molecule has 6 nitrogen and oxygen atoms in total. The van der Waals surface area contributed by atoms with E-state index in [1.807, 2.05) is 0 Å². The first kappa shape index (κ1) is 21.0. The summed E-state index contributed by atoms with van der Waals surface area (Å²) in [5, 5.41) is 11.5. The smallest absolute Gasteiger partial charge is 0.295 e. The van der Waals surface area contributed by atoms with Gasteiger partial charge in [-0.15, -0.1) is 0 Å². The zero-order chi connectivity index (χ0) is 21.0. The molecule has 2 aromatic rings. The lowest BCUT2D eigenvalue weighted by Crippen LogP contribution is -3.12. The monoisotopic (exact) mass is 414 g/mol. The average molecular weight is 415 g/mol. The minimum atomic E-state index is -0.672. The number of benzene rings is 1. The lowest BCUT2D eigenvalue weighted by atomic mass is 9.96. The number of aliphatic hydroxyl groups is 1. The van der Waals surface area contributed by atoms with Crippen molar-refractivity contribution in [3.8, 4) is 0 Å². The SMILES string of the molecule is CC[NH+](CC)CCN1C(=O)C(=O)/C(=C(\O)c2ccc(Cl)cc2)[C@@H]1c1ccncc1. The van der Waals surface area contributed by atoms with Crippen LogP contribution in [0.25, 0.3) is 5.76 Å². The van der Waals surface area contributed by atoms with Gasteiger partial charge in [-0.3, -0.25) is 14.6 Å². The van der Waals surface area contributed by atoms with Gasteiger partial charge >= 0.3 is 0 Å². The highest BCUT2D eigenvalue weighted by molar-refractivity contribution is 6.46. The average Bonchev–Trinajstić information content (AvgIpc) is 3.00. The van der Waals surface area contributed by atoms with Crippen molar-refractivity contribution in [1.29, 1.82) is 0 Å². The largest absolute Gasteiger partial charge is 0.507 e. The van der Waals surface area contributed by atoms with Crippen molar-refractivity contribution in [2.24, 2.45) is 0 Å². The number of nitrogens with one attached hydrogen (secondary N) is 1. The third-order valence-corrected chi connectivity index (χ3v) is 5.64. The zero-order valence-electron chi connectivity index (χ0n) is 16.6. The number of aromatic nitrogens is 1. The van der Waals surface area contributed by atoms with Crippen molar-refractivity contribution in [3.63, 3.8) is 0 Å². The summed E-state index contributed by atoms with van der Waals surface area (Å²) in [7, 11) is 0. The Morgan fingerprint density at radius 3 is 2.31 bits per heavy atom.